The summed E-state index contributed by atoms with van der Waals surface area (Å²) in [5.41, 5.74) is 0. The molecule has 0 aliphatic carbocycles. The van der Waals surface area contributed by atoms with Gasteiger partial charge in [-0.1, -0.05) is 0 Å². The molecule has 0 saturated carbocycles. The highest BCUT2D eigenvalue weighted by molar-refractivity contribution is 5.81. The predicted octanol–water partition coefficient (Wildman–Crippen LogP) is 0.421. The first kappa shape index (κ1) is 9.68. The Balaban J connectivity index is 2.55. The fraction of sp³-hybridized carbons (Fsp3) is 0.889. The first-order chi connectivity index (χ1) is 5.66. The van der Waals surface area contributed by atoms with E-state index in [-0.39, 0.29) is 24.5 Å². The van der Waals surface area contributed by atoms with Crippen LogP contribution in [-0.4, -0.2) is 41.0 Å². The highest BCUT2D eigenvalue weighted by Gasteiger charge is 2.29. The molecule has 12 heavy (non-hydrogen) atoms. The summed E-state index contributed by atoms with van der Waals surface area (Å²) in [6, 6.07) is 0.188. The Morgan fingerprint density at radius 1 is 1.75 bits per heavy atom. The minimum atomic E-state index is -0.0235. The molecule has 70 valence electrons. The van der Waals surface area contributed by atoms with Crippen LogP contribution in [0.4, 0.5) is 0 Å². The van der Waals surface area contributed by atoms with Gasteiger partial charge in [-0.25, -0.2) is 0 Å². The minimum Gasteiger partial charge on any atom is -0.395 e. The third kappa shape index (κ3) is 1.84. The molecule has 1 saturated heterocycles. The van der Waals surface area contributed by atoms with Gasteiger partial charge in [0.15, 0.2) is 0 Å². The summed E-state index contributed by atoms with van der Waals surface area (Å²) in [5, 5.41) is 9.01. The van der Waals surface area contributed by atoms with Crippen LogP contribution in [0.1, 0.15) is 26.7 Å². The highest BCUT2D eigenvalue weighted by atomic mass is 16.3. The summed E-state index contributed by atoms with van der Waals surface area (Å²) >= 11 is 0. The molecule has 1 rings (SSSR count). The van der Waals surface area contributed by atoms with E-state index in [1.54, 1.807) is 6.92 Å². The first-order valence-corrected chi connectivity index (χ1v) is 4.54. The highest BCUT2D eigenvalue weighted by Crippen LogP contribution is 2.19. The van der Waals surface area contributed by atoms with E-state index in [2.05, 4.69) is 4.90 Å². The average molecular weight is 171 g/mol. The molecule has 3 nitrogen and oxygen atoms in total. The number of likely N-dealkylation sites (tertiary alicyclic amines) is 1. The maximum absolute atomic E-state index is 11.1. The van der Waals surface area contributed by atoms with Crippen molar-refractivity contribution in [1.82, 2.24) is 4.90 Å². The molecule has 1 aliphatic rings. The maximum Gasteiger partial charge on any atom is 0.146 e. The molecule has 0 bridgehead atoms. The molecule has 2 unspecified atom stereocenters. The van der Waals surface area contributed by atoms with Crippen molar-refractivity contribution < 1.29 is 9.90 Å². The number of Topliss-reactive ketones (excluding diaryl/α,β-unsaturated/α-hetero) is 1. The van der Waals surface area contributed by atoms with E-state index >= 15 is 0 Å². The summed E-state index contributed by atoms with van der Waals surface area (Å²) in [6.45, 7) is 4.65. The molecular formula is C9H17NO2. The second-order valence-corrected chi connectivity index (χ2v) is 3.50. The van der Waals surface area contributed by atoms with E-state index in [0.717, 1.165) is 19.4 Å². The third-order valence-electron chi connectivity index (χ3n) is 2.72. The number of carbonyl (C=O) groups excluding carboxylic acids is 1. The standard InChI is InChI=1S/C9H17NO2/c1-7(8(2)12)10-5-3-4-9(10)6-11/h7,9,11H,3-6H2,1-2H3. The topological polar surface area (TPSA) is 40.5 Å². The second kappa shape index (κ2) is 4.01. The van der Waals surface area contributed by atoms with E-state index in [4.69, 9.17) is 5.11 Å². The van der Waals surface area contributed by atoms with Gasteiger partial charge in [-0.3, -0.25) is 9.69 Å². The van der Waals surface area contributed by atoms with Crippen LogP contribution >= 0.6 is 0 Å². The lowest BCUT2D eigenvalue weighted by molar-refractivity contribution is -0.122. The largest absolute Gasteiger partial charge is 0.395 e. The summed E-state index contributed by atoms with van der Waals surface area (Å²) in [7, 11) is 0. The molecule has 3 heteroatoms. The van der Waals surface area contributed by atoms with Gasteiger partial charge in [0.2, 0.25) is 0 Å². The monoisotopic (exact) mass is 171 g/mol. The van der Waals surface area contributed by atoms with Crippen molar-refractivity contribution in [2.75, 3.05) is 13.2 Å². The van der Waals surface area contributed by atoms with Crippen molar-refractivity contribution in [2.45, 2.75) is 38.8 Å². The van der Waals surface area contributed by atoms with Gasteiger partial charge < -0.3 is 5.11 Å². The molecule has 1 N–H and O–H groups in total. The maximum atomic E-state index is 11.1. The first-order valence-electron chi connectivity index (χ1n) is 4.54. The average Bonchev–Trinajstić information content (AvgIpc) is 2.49. The van der Waals surface area contributed by atoms with Crippen LogP contribution in [0, 0.1) is 0 Å². The van der Waals surface area contributed by atoms with E-state index < -0.39 is 0 Å². The third-order valence-corrected chi connectivity index (χ3v) is 2.72. The zero-order chi connectivity index (χ0) is 9.14. The second-order valence-electron chi connectivity index (χ2n) is 3.50. The van der Waals surface area contributed by atoms with Gasteiger partial charge in [0.05, 0.1) is 12.6 Å². The number of hydrogen-bond donors (Lipinski definition) is 1. The number of rotatable bonds is 3. The Bertz CT molecular complexity index is 170. The lowest BCUT2D eigenvalue weighted by atomic mass is 10.1. The van der Waals surface area contributed by atoms with Crippen molar-refractivity contribution in [3.05, 3.63) is 0 Å². The van der Waals surface area contributed by atoms with Gasteiger partial charge in [0.25, 0.3) is 0 Å². The van der Waals surface area contributed by atoms with Gasteiger partial charge >= 0.3 is 0 Å². The van der Waals surface area contributed by atoms with E-state index in [9.17, 15) is 4.79 Å². The van der Waals surface area contributed by atoms with Gasteiger partial charge in [0.1, 0.15) is 5.78 Å². The molecule has 0 aromatic rings. The number of aliphatic hydroxyl groups excluding tert-OH is 1. The van der Waals surface area contributed by atoms with Crippen molar-refractivity contribution in [2.24, 2.45) is 0 Å². The molecule has 0 spiro atoms. The molecule has 2 atom stereocenters. The number of hydrogen-bond acceptors (Lipinski definition) is 3. The minimum absolute atomic E-state index is 0.0235. The van der Waals surface area contributed by atoms with Crippen LogP contribution in [0.2, 0.25) is 0 Å². The fourth-order valence-electron chi connectivity index (χ4n) is 1.80. The lowest BCUT2D eigenvalue weighted by Gasteiger charge is -2.27. The van der Waals surface area contributed by atoms with Crippen LogP contribution in [0.5, 0.6) is 0 Å². The lowest BCUT2D eigenvalue weighted by Crippen LogP contribution is -2.42. The SMILES string of the molecule is CC(=O)C(C)N1CCCC1CO. The van der Waals surface area contributed by atoms with Crippen LogP contribution in [0.3, 0.4) is 0 Å². The Labute approximate surface area is 73.4 Å². The van der Waals surface area contributed by atoms with Gasteiger partial charge in [-0.05, 0) is 33.2 Å². The molecule has 1 aliphatic heterocycles. The van der Waals surface area contributed by atoms with Gasteiger partial charge in [-0.2, -0.15) is 0 Å². The zero-order valence-electron chi connectivity index (χ0n) is 7.79. The van der Waals surface area contributed by atoms with Crippen molar-refractivity contribution >= 4 is 5.78 Å². The van der Waals surface area contributed by atoms with Gasteiger partial charge in [0, 0.05) is 6.04 Å². The van der Waals surface area contributed by atoms with E-state index in [0.29, 0.717) is 0 Å². The van der Waals surface area contributed by atoms with Crippen LogP contribution in [0.25, 0.3) is 0 Å². The number of carbonyl (C=O) groups is 1. The van der Waals surface area contributed by atoms with Crippen molar-refractivity contribution in [3.8, 4) is 0 Å². The number of aliphatic hydroxyl groups is 1. The molecule has 0 radical (unpaired) electrons. The quantitative estimate of drug-likeness (QED) is 0.669. The zero-order valence-corrected chi connectivity index (χ0v) is 7.79. The fourth-order valence-corrected chi connectivity index (χ4v) is 1.80. The summed E-state index contributed by atoms with van der Waals surface area (Å²) in [4.78, 5) is 13.2. The Morgan fingerprint density at radius 2 is 2.42 bits per heavy atom. The summed E-state index contributed by atoms with van der Waals surface area (Å²) < 4.78 is 0. The number of ketones is 1. The number of nitrogens with zero attached hydrogens (tertiary/aromatic N) is 1. The van der Waals surface area contributed by atoms with Crippen molar-refractivity contribution in [1.29, 1.82) is 0 Å². The molecule has 0 aromatic heterocycles. The van der Waals surface area contributed by atoms with Crippen molar-refractivity contribution in [3.63, 3.8) is 0 Å². The Kier molecular flexibility index (Phi) is 3.23. The van der Waals surface area contributed by atoms with Crippen LogP contribution in [0.15, 0.2) is 0 Å². The summed E-state index contributed by atoms with van der Waals surface area (Å²) in [5.74, 6) is 0.190. The van der Waals surface area contributed by atoms with E-state index in [1.165, 1.54) is 0 Å². The smallest absolute Gasteiger partial charge is 0.146 e. The normalized spacial score (nSPS) is 27.4. The molecular weight excluding hydrogens is 154 g/mol. The molecule has 1 heterocycles. The molecule has 0 amide bonds. The van der Waals surface area contributed by atoms with Gasteiger partial charge in [-0.15, -0.1) is 0 Å². The molecule has 1 fully saturated rings. The Hall–Kier alpha value is -0.410. The Morgan fingerprint density at radius 3 is 2.92 bits per heavy atom. The van der Waals surface area contributed by atoms with E-state index in [1.807, 2.05) is 6.92 Å². The van der Waals surface area contributed by atoms with Crippen LogP contribution < -0.4 is 0 Å². The predicted molar refractivity (Wildman–Crippen MR) is 47.0 cm³/mol. The summed E-state index contributed by atoms with van der Waals surface area (Å²) in [6.07, 6.45) is 2.12. The van der Waals surface area contributed by atoms with Crippen LogP contribution in [-0.2, 0) is 4.79 Å². The molecule has 0 aromatic carbocycles.